The van der Waals surface area contributed by atoms with Crippen molar-refractivity contribution in [1.29, 1.82) is 0 Å². The Morgan fingerprint density at radius 1 is 1.03 bits per heavy atom. The number of amides is 1. The van der Waals surface area contributed by atoms with E-state index in [1.807, 2.05) is 0 Å². The second-order valence-corrected chi connectivity index (χ2v) is 9.08. The molecule has 0 aromatic heterocycles. The lowest BCUT2D eigenvalue weighted by molar-refractivity contribution is 0.0789. The van der Waals surface area contributed by atoms with Crippen molar-refractivity contribution in [2.24, 2.45) is 0 Å². The van der Waals surface area contributed by atoms with Gasteiger partial charge in [0.15, 0.2) is 0 Å². The minimum atomic E-state index is -3.86. The fourth-order valence-corrected chi connectivity index (χ4v) is 4.63. The van der Waals surface area contributed by atoms with Crippen LogP contribution in [0, 0.1) is 0 Å². The van der Waals surface area contributed by atoms with Crippen LogP contribution in [0.4, 0.5) is 0 Å². The number of rotatable bonds is 9. The van der Waals surface area contributed by atoms with Gasteiger partial charge in [0.1, 0.15) is 23.9 Å². The third-order valence-electron chi connectivity index (χ3n) is 5.02. The van der Waals surface area contributed by atoms with Gasteiger partial charge in [0, 0.05) is 13.1 Å². The van der Waals surface area contributed by atoms with Crippen LogP contribution in [0.25, 0.3) is 0 Å². The van der Waals surface area contributed by atoms with Gasteiger partial charge in [-0.3, -0.25) is 4.79 Å². The van der Waals surface area contributed by atoms with E-state index in [0.717, 1.165) is 12.8 Å². The maximum Gasteiger partial charge on any atom is 0.257 e. The Labute approximate surface area is 183 Å². The molecule has 1 heterocycles. The molecule has 0 bridgehead atoms. The van der Waals surface area contributed by atoms with Crippen molar-refractivity contribution in [3.63, 3.8) is 0 Å². The highest BCUT2D eigenvalue weighted by Gasteiger charge is 2.26. The standard InChI is InChI=1S/C22H28N2O6S/c1-16(15-30-18-8-6-17(28-2)7-9-18)23-31(26,27)19-10-11-21(29-3)20(14-19)22(25)24-12-4-5-13-24/h6-11,14,16,23H,4-5,12-13,15H2,1-3H3/t16-/m1/s1. The average molecular weight is 449 g/mol. The Hall–Kier alpha value is -2.78. The number of methoxy groups -OCH3 is 2. The molecule has 8 nitrogen and oxygen atoms in total. The molecule has 1 atom stereocenters. The molecule has 2 aromatic rings. The third-order valence-corrected chi connectivity index (χ3v) is 6.61. The number of sulfonamides is 1. The molecule has 9 heteroatoms. The van der Waals surface area contributed by atoms with Crippen LogP contribution in [0.1, 0.15) is 30.1 Å². The Kier molecular flexibility index (Phi) is 7.40. The highest BCUT2D eigenvalue weighted by atomic mass is 32.2. The van der Waals surface area contributed by atoms with Gasteiger partial charge in [-0.05, 0) is 62.2 Å². The van der Waals surface area contributed by atoms with Gasteiger partial charge in [-0.1, -0.05) is 0 Å². The van der Waals surface area contributed by atoms with Crippen LogP contribution in [0.2, 0.25) is 0 Å². The zero-order chi connectivity index (χ0) is 22.4. The molecule has 0 unspecified atom stereocenters. The van der Waals surface area contributed by atoms with Crippen LogP contribution in [-0.4, -0.2) is 59.2 Å². The zero-order valence-electron chi connectivity index (χ0n) is 18.0. The van der Waals surface area contributed by atoms with Crippen LogP contribution in [0.3, 0.4) is 0 Å². The van der Waals surface area contributed by atoms with Crippen LogP contribution < -0.4 is 18.9 Å². The van der Waals surface area contributed by atoms with Crippen LogP contribution in [0.5, 0.6) is 17.2 Å². The Balaban J connectivity index is 1.69. The van der Waals surface area contributed by atoms with E-state index < -0.39 is 16.1 Å². The van der Waals surface area contributed by atoms with Crippen molar-refractivity contribution in [2.45, 2.75) is 30.7 Å². The second kappa shape index (κ2) is 10.0. The SMILES string of the molecule is COc1ccc(OC[C@@H](C)NS(=O)(=O)c2ccc(OC)c(C(=O)N3CCCC3)c2)cc1. The molecule has 1 saturated heterocycles. The maximum absolute atomic E-state index is 12.9. The molecule has 0 spiro atoms. The molecule has 1 N–H and O–H groups in total. The van der Waals surface area contributed by atoms with Gasteiger partial charge in [0.2, 0.25) is 10.0 Å². The van der Waals surface area contributed by atoms with Gasteiger partial charge >= 0.3 is 0 Å². The predicted molar refractivity (Wildman–Crippen MR) is 116 cm³/mol. The number of hydrogen-bond donors (Lipinski definition) is 1. The van der Waals surface area contributed by atoms with Crippen LogP contribution in [-0.2, 0) is 10.0 Å². The molecule has 0 aliphatic carbocycles. The average Bonchev–Trinajstić information content (AvgIpc) is 3.31. The zero-order valence-corrected chi connectivity index (χ0v) is 18.8. The number of carbonyl (C=O) groups is 1. The lowest BCUT2D eigenvalue weighted by Gasteiger charge is -2.19. The summed E-state index contributed by atoms with van der Waals surface area (Å²) in [6.07, 6.45) is 1.89. The van der Waals surface area contributed by atoms with Gasteiger partial charge in [0.05, 0.1) is 30.7 Å². The summed E-state index contributed by atoms with van der Waals surface area (Å²) in [5, 5.41) is 0. The van der Waals surface area contributed by atoms with Gasteiger partial charge < -0.3 is 19.1 Å². The molecule has 0 radical (unpaired) electrons. The van der Waals surface area contributed by atoms with Crippen molar-refractivity contribution < 1.29 is 27.4 Å². The molecule has 168 valence electrons. The van der Waals surface area contributed by atoms with E-state index in [4.69, 9.17) is 14.2 Å². The number of likely N-dealkylation sites (tertiary alicyclic amines) is 1. The maximum atomic E-state index is 12.9. The largest absolute Gasteiger partial charge is 0.497 e. The lowest BCUT2D eigenvalue weighted by Crippen LogP contribution is -2.37. The third kappa shape index (κ3) is 5.68. The monoisotopic (exact) mass is 448 g/mol. The van der Waals surface area contributed by atoms with E-state index in [2.05, 4.69) is 4.72 Å². The fraction of sp³-hybridized carbons (Fsp3) is 0.409. The van der Waals surface area contributed by atoms with E-state index in [1.54, 1.807) is 43.2 Å². The number of ether oxygens (including phenoxy) is 3. The Morgan fingerprint density at radius 2 is 1.68 bits per heavy atom. The summed E-state index contributed by atoms with van der Waals surface area (Å²) in [5.74, 6) is 1.45. The van der Waals surface area contributed by atoms with Gasteiger partial charge in [-0.2, -0.15) is 0 Å². The van der Waals surface area contributed by atoms with Gasteiger partial charge in [0.25, 0.3) is 5.91 Å². The molecule has 0 saturated carbocycles. The summed E-state index contributed by atoms with van der Waals surface area (Å²) in [5.41, 5.74) is 0.245. The Morgan fingerprint density at radius 3 is 2.29 bits per heavy atom. The minimum absolute atomic E-state index is 0.00662. The molecule has 31 heavy (non-hydrogen) atoms. The van der Waals surface area contributed by atoms with Crippen molar-refractivity contribution in [1.82, 2.24) is 9.62 Å². The first-order valence-electron chi connectivity index (χ1n) is 10.1. The van der Waals surface area contributed by atoms with Gasteiger partial charge in [-0.25, -0.2) is 13.1 Å². The first kappa shape index (κ1) is 22.9. The van der Waals surface area contributed by atoms with E-state index in [-0.39, 0.29) is 23.0 Å². The highest BCUT2D eigenvalue weighted by Crippen LogP contribution is 2.25. The summed E-state index contributed by atoms with van der Waals surface area (Å²) in [7, 11) is -0.817. The van der Waals surface area contributed by atoms with Crippen molar-refractivity contribution >= 4 is 15.9 Å². The summed E-state index contributed by atoms with van der Waals surface area (Å²) in [6, 6.07) is 10.8. The molecule has 2 aromatic carbocycles. The number of hydrogen-bond acceptors (Lipinski definition) is 6. The topological polar surface area (TPSA) is 94.2 Å². The minimum Gasteiger partial charge on any atom is -0.497 e. The summed E-state index contributed by atoms with van der Waals surface area (Å²) in [4.78, 5) is 14.6. The summed E-state index contributed by atoms with van der Waals surface area (Å²) in [6.45, 7) is 3.18. The molecule has 1 amide bonds. The molecular weight excluding hydrogens is 420 g/mol. The normalized spacial score (nSPS) is 14.9. The first-order chi connectivity index (χ1) is 14.8. The fourth-order valence-electron chi connectivity index (χ4n) is 3.37. The second-order valence-electron chi connectivity index (χ2n) is 7.37. The highest BCUT2D eigenvalue weighted by molar-refractivity contribution is 7.89. The molecule has 3 rings (SSSR count). The number of nitrogens with zero attached hydrogens (tertiary/aromatic N) is 1. The lowest BCUT2D eigenvalue weighted by atomic mass is 10.1. The van der Waals surface area contributed by atoms with Crippen molar-refractivity contribution in [3.05, 3.63) is 48.0 Å². The molecule has 1 aliphatic rings. The number of nitrogens with one attached hydrogen (secondary N) is 1. The van der Waals surface area contributed by atoms with E-state index >= 15 is 0 Å². The van der Waals surface area contributed by atoms with Crippen LogP contribution >= 0.6 is 0 Å². The van der Waals surface area contributed by atoms with Crippen LogP contribution in [0.15, 0.2) is 47.4 Å². The van der Waals surface area contributed by atoms with E-state index in [9.17, 15) is 13.2 Å². The predicted octanol–water partition coefficient (Wildman–Crippen LogP) is 2.69. The quantitative estimate of drug-likeness (QED) is 0.634. The molecular formula is C22H28N2O6S. The first-order valence-corrected chi connectivity index (χ1v) is 11.6. The summed E-state index contributed by atoms with van der Waals surface area (Å²) >= 11 is 0. The summed E-state index contributed by atoms with van der Waals surface area (Å²) < 4.78 is 44.4. The number of carbonyl (C=O) groups excluding carboxylic acids is 1. The van der Waals surface area contributed by atoms with Crippen molar-refractivity contribution in [2.75, 3.05) is 33.9 Å². The van der Waals surface area contributed by atoms with E-state index in [0.29, 0.717) is 30.3 Å². The number of benzene rings is 2. The molecule has 1 fully saturated rings. The van der Waals surface area contributed by atoms with Crippen molar-refractivity contribution in [3.8, 4) is 17.2 Å². The van der Waals surface area contributed by atoms with E-state index in [1.165, 1.54) is 25.3 Å². The molecule has 1 aliphatic heterocycles. The smallest absolute Gasteiger partial charge is 0.257 e. The Bertz CT molecular complexity index is 1000. The van der Waals surface area contributed by atoms with Gasteiger partial charge in [-0.15, -0.1) is 0 Å².